The SMILES string of the molecule is COCc1ccc(OC(C)=O)c(-c2nc3ccccc3o2)c1F. The second kappa shape index (κ2) is 6.18. The first-order chi connectivity index (χ1) is 11.1. The van der Waals surface area contributed by atoms with E-state index >= 15 is 0 Å². The Bertz CT molecular complexity index is 839. The van der Waals surface area contributed by atoms with E-state index in [1.807, 2.05) is 0 Å². The van der Waals surface area contributed by atoms with E-state index in [9.17, 15) is 9.18 Å². The highest BCUT2D eigenvalue weighted by Crippen LogP contribution is 2.36. The number of aromatic nitrogens is 1. The molecule has 0 bridgehead atoms. The van der Waals surface area contributed by atoms with Crippen LogP contribution in [0.1, 0.15) is 12.5 Å². The minimum atomic E-state index is -0.586. The fourth-order valence-corrected chi connectivity index (χ4v) is 2.29. The predicted octanol–water partition coefficient (Wildman–Crippen LogP) is 3.71. The van der Waals surface area contributed by atoms with Crippen LogP contribution < -0.4 is 4.74 Å². The van der Waals surface area contributed by atoms with Gasteiger partial charge in [0.05, 0.1) is 6.61 Å². The van der Waals surface area contributed by atoms with E-state index in [1.54, 1.807) is 24.3 Å². The molecule has 0 aliphatic rings. The minimum Gasteiger partial charge on any atom is -0.436 e. The summed E-state index contributed by atoms with van der Waals surface area (Å²) in [5, 5.41) is 0. The molecule has 0 saturated carbocycles. The lowest BCUT2D eigenvalue weighted by Gasteiger charge is -2.10. The highest BCUT2D eigenvalue weighted by Gasteiger charge is 2.22. The van der Waals surface area contributed by atoms with E-state index in [2.05, 4.69) is 4.98 Å². The van der Waals surface area contributed by atoms with Crippen molar-refractivity contribution < 1.29 is 23.1 Å². The summed E-state index contributed by atoms with van der Waals surface area (Å²) in [5.74, 6) is -1.03. The van der Waals surface area contributed by atoms with Crippen LogP contribution in [0.4, 0.5) is 4.39 Å². The predicted molar refractivity (Wildman–Crippen MR) is 81.4 cm³/mol. The van der Waals surface area contributed by atoms with E-state index in [0.29, 0.717) is 16.7 Å². The second-order valence-electron chi connectivity index (χ2n) is 4.93. The lowest BCUT2D eigenvalue weighted by Crippen LogP contribution is -2.05. The summed E-state index contributed by atoms with van der Waals surface area (Å²) < 4.78 is 30.5. The average Bonchev–Trinajstić information content (AvgIpc) is 2.93. The van der Waals surface area contributed by atoms with Gasteiger partial charge in [-0.15, -0.1) is 0 Å². The molecule has 0 amide bonds. The zero-order chi connectivity index (χ0) is 16.4. The lowest BCUT2D eigenvalue weighted by molar-refractivity contribution is -0.131. The van der Waals surface area contributed by atoms with Gasteiger partial charge in [-0.1, -0.05) is 18.2 Å². The van der Waals surface area contributed by atoms with Gasteiger partial charge in [-0.05, 0) is 18.2 Å². The van der Waals surface area contributed by atoms with Crippen molar-refractivity contribution in [2.75, 3.05) is 7.11 Å². The van der Waals surface area contributed by atoms with Gasteiger partial charge < -0.3 is 13.9 Å². The number of fused-ring (bicyclic) bond motifs is 1. The molecule has 0 fully saturated rings. The van der Waals surface area contributed by atoms with Crippen LogP contribution in [-0.4, -0.2) is 18.1 Å². The van der Waals surface area contributed by atoms with Crippen LogP contribution >= 0.6 is 0 Å². The first kappa shape index (κ1) is 15.2. The molecule has 3 rings (SSSR count). The van der Waals surface area contributed by atoms with Crippen LogP contribution in [-0.2, 0) is 16.1 Å². The highest BCUT2D eigenvalue weighted by molar-refractivity contribution is 5.79. The van der Waals surface area contributed by atoms with E-state index in [0.717, 1.165) is 0 Å². The molecule has 0 unspecified atom stereocenters. The summed E-state index contributed by atoms with van der Waals surface area (Å²) >= 11 is 0. The molecule has 5 nitrogen and oxygen atoms in total. The van der Waals surface area contributed by atoms with Crippen molar-refractivity contribution in [1.82, 2.24) is 4.98 Å². The maximum atomic E-state index is 14.8. The molecule has 1 aromatic heterocycles. The summed E-state index contributed by atoms with van der Waals surface area (Å²) in [5.41, 5.74) is 1.44. The number of hydrogen-bond acceptors (Lipinski definition) is 5. The van der Waals surface area contributed by atoms with Gasteiger partial charge in [0, 0.05) is 19.6 Å². The molecular formula is C17H14FNO4. The Kier molecular flexibility index (Phi) is 4.08. The van der Waals surface area contributed by atoms with Crippen molar-refractivity contribution in [3.63, 3.8) is 0 Å². The maximum absolute atomic E-state index is 14.8. The smallest absolute Gasteiger partial charge is 0.308 e. The third-order valence-electron chi connectivity index (χ3n) is 3.24. The van der Waals surface area contributed by atoms with Gasteiger partial charge in [-0.3, -0.25) is 4.79 Å². The molecule has 0 spiro atoms. The summed E-state index contributed by atoms with van der Waals surface area (Å²) in [4.78, 5) is 15.5. The number of nitrogens with zero attached hydrogens (tertiary/aromatic N) is 1. The van der Waals surface area contributed by atoms with Crippen molar-refractivity contribution >= 4 is 17.1 Å². The van der Waals surface area contributed by atoms with E-state index in [1.165, 1.54) is 26.2 Å². The van der Waals surface area contributed by atoms with Crippen LogP contribution in [0, 0.1) is 5.82 Å². The molecule has 1 heterocycles. The normalized spacial score (nSPS) is 10.9. The summed E-state index contributed by atoms with van der Waals surface area (Å²) in [7, 11) is 1.47. The first-order valence-corrected chi connectivity index (χ1v) is 6.95. The molecule has 0 saturated heterocycles. The Morgan fingerprint density at radius 1 is 1.26 bits per heavy atom. The number of rotatable bonds is 4. The van der Waals surface area contributed by atoms with Gasteiger partial charge in [-0.2, -0.15) is 0 Å². The second-order valence-corrected chi connectivity index (χ2v) is 4.93. The Balaban J connectivity index is 2.20. The summed E-state index contributed by atoms with van der Waals surface area (Å²) in [6.07, 6.45) is 0. The number of oxazole rings is 1. The lowest BCUT2D eigenvalue weighted by atomic mass is 10.1. The van der Waals surface area contributed by atoms with E-state index in [-0.39, 0.29) is 23.8 Å². The molecule has 23 heavy (non-hydrogen) atoms. The fraction of sp³-hybridized carbons (Fsp3) is 0.176. The number of carbonyl (C=O) groups is 1. The fourth-order valence-electron chi connectivity index (χ4n) is 2.29. The highest BCUT2D eigenvalue weighted by atomic mass is 19.1. The molecule has 0 aliphatic heterocycles. The van der Waals surface area contributed by atoms with Crippen molar-refractivity contribution in [3.05, 3.63) is 47.8 Å². The molecule has 0 atom stereocenters. The largest absolute Gasteiger partial charge is 0.436 e. The summed E-state index contributed by atoms with van der Waals surface area (Å²) in [6, 6.07) is 10.1. The Hall–Kier alpha value is -2.73. The average molecular weight is 315 g/mol. The van der Waals surface area contributed by atoms with E-state index < -0.39 is 11.8 Å². The number of para-hydroxylation sites is 2. The van der Waals surface area contributed by atoms with Crippen LogP contribution in [0.5, 0.6) is 5.75 Å². The number of methoxy groups -OCH3 is 1. The van der Waals surface area contributed by atoms with Crippen molar-refractivity contribution in [2.24, 2.45) is 0 Å². The van der Waals surface area contributed by atoms with Gasteiger partial charge in [0.15, 0.2) is 5.58 Å². The number of ether oxygens (including phenoxy) is 2. The minimum absolute atomic E-state index is 0.00551. The number of carbonyl (C=O) groups excluding carboxylic acids is 1. The van der Waals surface area contributed by atoms with Crippen LogP contribution in [0.25, 0.3) is 22.6 Å². The van der Waals surface area contributed by atoms with Gasteiger partial charge in [0.2, 0.25) is 5.89 Å². The quantitative estimate of drug-likeness (QED) is 0.542. The molecule has 6 heteroatoms. The Morgan fingerprint density at radius 3 is 2.74 bits per heavy atom. The topological polar surface area (TPSA) is 61.6 Å². The van der Waals surface area contributed by atoms with Crippen LogP contribution in [0.2, 0.25) is 0 Å². The van der Waals surface area contributed by atoms with Gasteiger partial charge in [0.1, 0.15) is 22.6 Å². The molecule has 0 radical (unpaired) electrons. The Labute approximate surface area is 131 Å². The summed E-state index contributed by atoms with van der Waals surface area (Å²) in [6.45, 7) is 1.33. The molecule has 0 N–H and O–H groups in total. The molecular weight excluding hydrogens is 301 g/mol. The van der Waals surface area contributed by atoms with Gasteiger partial charge >= 0.3 is 5.97 Å². The third-order valence-corrected chi connectivity index (χ3v) is 3.24. The van der Waals surface area contributed by atoms with Crippen LogP contribution in [0.3, 0.4) is 0 Å². The maximum Gasteiger partial charge on any atom is 0.308 e. The van der Waals surface area contributed by atoms with Gasteiger partial charge in [-0.25, -0.2) is 9.37 Å². The zero-order valence-electron chi connectivity index (χ0n) is 12.6. The first-order valence-electron chi connectivity index (χ1n) is 6.95. The number of benzene rings is 2. The third kappa shape index (κ3) is 2.93. The molecule has 0 aliphatic carbocycles. The van der Waals surface area contributed by atoms with Crippen molar-refractivity contribution in [1.29, 1.82) is 0 Å². The number of halogens is 1. The van der Waals surface area contributed by atoms with Crippen molar-refractivity contribution in [2.45, 2.75) is 13.5 Å². The number of hydrogen-bond donors (Lipinski definition) is 0. The molecule has 3 aromatic rings. The number of esters is 1. The van der Waals surface area contributed by atoms with Gasteiger partial charge in [0.25, 0.3) is 0 Å². The standard InChI is InChI=1S/C17H14FNO4/c1-10(20)22-14-8-7-11(9-21-2)16(18)15(14)17-19-12-5-3-4-6-13(12)23-17/h3-8H,9H2,1-2H3. The molecule has 118 valence electrons. The zero-order valence-corrected chi connectivity index (χ0v) is 12.6. The Morgan fingerprint density at radius 2 is 2.04 bits per heavy atom. The van der Waals surface area contributed by atoms with Crippen LogP contribution in [0.15, 0.2) is 40.8 Å². The van der Waals surface area contributed by atoms with Crippen molar-refractivity contribution in [3.8, 4) is 17.2 Å². The molecule has 2 aromatic carbocycles. The van der Waals surface area contributed by atoms with E-state index in [4.69, 9.17) is 13.9 Å². The monoisotopic (exact) mass is 315 g/mol.